The largest absolute Gasteiger partial charge is 0.303 e. The minimum atomic E-state index is -0.343. The molecule has 1 atom stereocenters. The van der Waals surface area contributed by atoms with Crippen molar-refractivity contribution in [3.63, 3.8) is 0 Å². The predicted molar refractivity (Wildman–Crippen MR) is 76.4 cm³/mol. The molecule has 0 heterocycles. The molecule has 0 saturated heterocycles. The standard InChI is InChI=1S/C15H29N3/c1-4-17-15(3,13-16)10-7-11-18(5-2)12-14-8-6-9-14/h14,17H,4-12H2,1-3H3. The highest BCUT2D eigenvalue weighted by molar-refractivity contribution is 5.03. The second-order valence-electron chi connectivity index (χ2n) is 5.77. The summed E-state index contributed by atoms with van der Waals surface area (Å²) in [5.41, 5.74) is -0.343. The maximum atomic E-state index is 9.21. The van der Waals surface area contributed by atoms with E-state index in [2.05, 4.69) is 30.1 Å². The van der Waals surface area contributed by atoms with Gasteiger partial charge in [0.05, 0.1) is 6.07 Å². The molecule has 1 aliphatic carbocycles. The number of hydrogen-bond acceptors (Lipinski definition) is 3. The minimum Gasteiger partial charge on any atom is -0.303 e. The van der Waals surface area contributed by atoms with Crippen molar-refractivity contribution in [1.82, 2.24) is 10.2 Å². The van der Waals surface area contributed by atoms with E-state index in [4.69, 9.17) is 0 Å². The maximum absolute atomic E-state index is 9.21. The van der Waals surface area contributed by atoms with Crippen molar-refractivity contribution in [2.24, 2.45) is 5.92 Å². The van der Waals surface area contributed by atoms with E-state index in [1.54, 1.807) is 0 Å². The van der Waals surface area contributed by atoms with E-state index < -0.39 is 0 Å². The number of hydrogen-bond donors (Lipinski definition) is 1. The van der Waals surface area contributed by atoms with E-state index in [1.807, 2.05) is 6.92 Å². The van der Waals surface area contributed by atoms with E-state index in [0.717, 1.165) is 38.4 Å². The molecule has 0 aromatic rings. The fourth-order valence-electron chi connectivity index (χ4n) is 2.65. The maximum Gasteiger partial charge on any atom is 0.103 e. The summed E-state index contributed by atoms with van der Waals surface area (Å²) in [5, 5.41) is 12.5. The quantitative estimate of drug-likeness (QED) is 0.685. The van der Waals surface area contributed by atoms with Gasteiger partial charge in [-0.05, 0) is 58.2 Å². The number of rotatable bonds is 9. The highest BCUT2D eigenvalue weighted by Gasteiger charge is 2.23. The van der Waals surface area contributed by atoms with E-state index in [0.29, 0.717) is 0 Å². The number of nitriles is 1. The van der Waals surface area contributed by atoms with Crippen LogP contribution >= 0.6 is 0 Å². The first-order valence-electron chi connectivity index (χ1n) is 7.52. The van der Waals surface area contributed by atoms with Gasteiger partial charge in [0.2, 0.25) is 0 Å². The zero-order chi connectivity index (χ0) is 13.4. The van der Waals surface area contributed by atoms with E-state index in [9.17, 15) is 5.26 Å². The van der Waals surface area contributed by atoms with Gasteiger partial charge in [-0.25, -0.2) is 0 Å². The average Bonchev–Trinajstić information content (AvgIpc) is 2.31. The van der Waals surface area contributed by atoms with Crippen LogP contribution in [0.25, 0.3) is 0 Å². The van der Waals surface area contributed by atoms with Gasteiger partial charge in [0, 0.05) is 6.54 Å². The average molecular weight is 251 g/mol. The van der Waals surface area contributed by atoms with Crippen molar-refractivity contribution < 1.29 is 0 Å². The third kappa shape index (κ3) is 4.96. The van der Waals surface area contributed by atoms with Gasteiger partial charge in [0.15, 0.2) is 0 Å². The van der Waals surface area contributed by atoms with Crippen LogP contribution in [0, 0.1) is 17.2 Å². The lowest BCUT2D eigenvalue weighted by atomic mass is 9.85. The first-order chi connectivity index (χ1) is 8.63. The lowest BCUT2D eigenvalue weighted by Gasteiger charge is -2.32. The summed E-state index contributed by atoms with van der Waals surface area (Å²) in [6.07, 6.45) is 6.32. The van der Waals surface area contributed by atoms with Crippen molar-refractivity contribution in [2.45, 2.75) is 58.4 Å². The molecule has 104 valence electrons. The van der Waals surface area contributed by atoms with Crippen LogP contribution in [0.15, 0.2) is 0 Å². The van der Waals surface area contributed by atoms with Gasteiger partial charge < -0.3 is 4.90 Å². The van der Waals surface area contributed by atoms with Gasteiger partial charge in [0.1, 0.15) is 5.54 Å². The molecule has 1 aliphatic rings. The van der Waals surface area contributed by atoms with Crippen LogP contribution in [0.2, 0.25) is 0 Å². The Labute approximate surface area is 113 Å². The van der Waals surface area contributed by atoms with E-state index in [1.165, 1.54) is 25.8 Å². The summed E-state index contributed by atoms with van der Waals surface area (Å²) < 4.78 is 0. The van der Waals surface area contributed by atoms with Crippen molar-refractivity contribution in [1.29, 1.82) is 5.26 Å². The van der Waals surface area contributed by atoms with Gasteiger partial charge >= 0.3 is 0 Å². The molecule has 0 amide bonds. The Bertz CT molecular complexity index is 267. The number of nitrogens with one attached hydrogen (secondary N) is 1. The molecule has 0 spiro atoms. The molecule has 0 aromatic carbocycles. The highest BCUT2D eigenvalue weighted by Crippen LogP contribution is 2.27. The second kappa shape index (κ2) is 7.76. The van der Waals surface area contributed by atoms with Crippen LogP contribution in [0.3, 0.4) is 0 Å². The summed E-state index contributed by atoms with van der Waals surface area (Å²) in [5.74, 6) is 0.945. The fourth-order valence-corrected chi connectivity index (χ4v) is 2.65. The van der Waals surface area contributed by atoms with Gasteiger partial charge in [-0.3, -0.25) is 5.32 Å². The zero-order valence-corrected chi connectivity index (χ0v) is 12.3. The highest BCUT2D eigenvalue weighted by atomic mass is 15.1. The Kier molecular flexibility index (Phi) is 6.67. The topological polar surface area (TPSA) is 39.1 Å². The third-order valence-electron chi connectivity index (χ3n) is 4.15. The predicted octanol–water partition coefficient (Wildman–Crippen LogP) is 2.78. The van der Waals surface area contributed by atoms with Crippen molar-refractivity contribution in [3.05, 3.63) is 0 Å². The summed E-state index contributed by atoms with van der Waals surface area (Å²) in [6, 6.07) is 2.40. The second-order valence-corrected chi connectivity index (χ2v) is 5.77. The summed E-state index contributed by atoms with van der Waals surface area (Å²) in [7, 11) is 0. The Balaban J connectivity index is 2.23. The SMILES string of the molecule is CCNC(C)(C#N)CCCN(CC)CC1CCC1. The summed E-state index contributed by atoms with van der Waals surface area (Å²) in [6.45, 7) is 10.7. The number of nitrogens with zero attached hydrogens (tertiary/aromatic N) is 2. The van der Waals surface area contributed by atoms with Crippen LogP contribution in [-0.4, -0.2) is 36.6 Å². The molecule has 0 aromatic heterocycles. The molecule has 1 saturated carbocycles. The van der Waals surface area contributed by atoms with Gasteiger partial charge in [-0.2, -0.15) is 5.26 Å². The molecule has 0 bridgehead atoms. The molecule has 1 fully saturated rings. The van der Waals surface area contributed by atoms with Gasteiger partial charge in [-0.15, -0.1) is 0 Å². The molecule has 18 heavy (non-hydrogen) atoms. The smallest absolute Gasteiger partial charge is 0.103 e. The normalized spacial score (nSPS) is 19.3. The van der Waals surface area contributed by atoms with Crippen LogP contribution in [0.4, 0.5) is 0 Å². The van der Waals surface area contributed by atoms with Crippen LogP contribution in [0.5, 0.6) is 0 Å². The molecule has 0 aliphatic heterocycles. The lowest BCUT2D eigenvalue weighted by Crippen LogP contribution is -2.41. The van der Waals surface area contributed by atoms with Crippen molar-refractivity contribution in [3.8, 4) is 6.07 Å². The first kappa shape index (κ1) is 15.5. The molecule has 1 unspecified atom stereocenters. The molecule has 3 nitrogen and oxygen atoms in total. The fraction of sp³-hybridized carbons (Fsp3) is 0.933. The Morgan fingerprint density at radius 3 is 2.56 bits per heavy atom. The van der Waals surface area contributed by atoms with Crippen molar-refractivity contribution in [2.75, 3.05) is 26.2 Å². The van der Waals surface area contributed by atoms with Crippen LogP contribution in [-0.2, 0) is 0 Å². The molecule has 3 heteroatoms. The Morgan fingerprint density at radius 2 is 2.11 bits per heavy atom. The first-order valence-corrected chi connectivity index (χ1v) is 7.52. The van der Waals surface area contributed by atoms with Crippen molar-refractivity contribution >= 4 is 0 Å². The monoisotopic (exact) mass is 251 g/mol. The zero-order valence-electron chi connectivity index (χ0n) is 12.3. The molecule has 1 rings (SSSR count). The summed E-state index contributed by atoms with van der Waals surface area (Å²) >= 11 is 0. The van der Waals surface area contributed by atoms with Crippen LogP contribution in [0.1, 0.15) is 52.9 Å². The molecular weight excluding hydrogens is 222 g/mol. The van der Waals surface area contributed by atoms with Gasteiger partial charge in [0.25, 0.3) is 0 Å². The van der Waals surface area contributed by atoms with Gasteiger partial charge in [-0.1, -0.05) is 20.3 Å². The third-order valence-corrected chi connectivity index (χ3v) is 4.15. The van der Waals surface area contributed by atoms with Crippen LogP contribution < -0.4 is 5.32 Å². The molecule has 0 radical (unpaired) electrons. The summed E-state index contributed by atoms with van der Waals surface area (Å²) in [4.78, 5) is 2.55. The molecular formula is C15H29N3. The minimum absolute atomic E-state index is 0.343. The Hall–Kier alpha value is -0.590. The Morgan fingerprint density at radius 1 is 1.39 bits per heavy atom. The van der Waals surface area contributed by atoms with E-state index >= 15 is 0 Å². The molecule has 1 N–H and O–H groups in total. The van der Waals surface area contributed by atoms with E-state index in [-0.39, 0.29) is 5.54 Å². The lowest BCUT2D eigenvalue weighted by molar-refractivity contribution is 0.179.